The van der Waals surface area contributed by atoms with E-state index in [2.05, 4.69) is 53.4 Å². The lowest BCUT2D eigenvalue weighted by atomic mass is 10.1. The van der Waals surface area contributed by atoms with Gasteiger partial charge in [-0.2, -0.15) is 0 Å². The van der Waals surface area contributed by atoms with Crippen molar-refractivity contribution in [3.8, 4) is 0 Å². The van der Waals surface area contributed by atoms with Gasteiger partial charge in [0, 0.05) is 18.8 Å². The van der Waals surface area contributed by atoms with Gasteiger partial charge < -0.3 is 5.32 Å². The monoisotopic (exact) mass is 241 g/mol. The highest BCUT2D eigenvalue weighted by Crippen LogP contribution is 2.14. The van der Waals surface area contributed by atoms with Gasteiger partial charge in [-0.25, -0.2) is 9.97 Å². The van der Waals surface area contributed by atoms with E-state index in [4.69, 9.17) is 0 Å². The van der Waals surface area contributed by atoms with Crippen LogP contribution < -0.4 is 5.32 Å². The van der Waals surface area contributed by atoms with Gasteiger partial charge in [0.05, 0.1) is 5.69 Å². The van der Waals surface area contributed by atoms with Gasteiger partial charge in [0.1, 0.15) is 5.82 Å². The summed E-state index contributed by atoms with van der Waals surface area (Å²) in [5.41, 5.74) is 3.63. The number of rotatable bonds is 4. The number of aromatic nitrogens is 2. The molecule has 2 rings (SSSR count). The Hall–Kier alpha value is -1.74. The molecule has 18 heavy (non-hydrogen) atoms. The van der Waals surface area contributed by atoms with E-state index in [-0.39, 0.29) is 0 Å². The lowest BCUT2D eigenvalue weighted by Gasteiger charge is -2.14. The normalized spacial score (nSPS) is 12.4. The third-order valence-electron chi connectivity index (χ3n) is 2.97. The zero-order chi connectivity index (χ0) is 13.0. The van der Waals surface area contributed by atoms with Crippen LogP contribution in [0.1, 0.15) is 35.6 Å². The highest BCUT2D eigenvalue weighted by atomic mass is 14.9. The molecule has 0 unspecified atom stereocenters. The Kier molecular flexibility index (Phi) is 4.05. The first kappa shape index (κ1) is 12.7. The molecule has 1 atom stereocenters. The van der Waals surface area contributed by atoms with Gasteiger partial charge in [0.25, 0.3) is 0 Å². The van der Waals surface area contributed by atoms with E-state index in [0.29, 0.717) is 6.04 Å². The van der Waals surface area contributed by atoms with Crippen LogP contribution in [0.25, 0.3) is 0 Å². The summed E-state index contributed by atoms with van der Waals surface area (Å²) in [6.07, 6.45) is 1.80. The van der Waals surface area contributed by atoms with Gasteiger partial charge in [0.15, 0.2) is 0 Å². The molecule has 94 valence electrons. The minimum atomic E-state index is 0.320. The quantitative estimate of drug-likeness (QED) is 0.894. The van der Waals surface area contributed by atoms with E-state index in [9.17, 15) is 0 Å². The van der Waals surface area contributed by atoms with E-state index in [1.807, 2.05) is 13.0 Å². The average Bonchev–Trinajstić information content (AvgIpc) is 2.36. The van der Waals surface area contributed by atoms with Gasteiger partial charge >= 0.3 is 0 Å². The van der Waals surface area contributed by atoms with Crippen molar-refractivity contribution >= 4 is 0 Å². The lowest BCUT2D eigenvalue weighted by Crippen LogP contribution is -2.19. The second-order valence-corrected chi connectivity index (χ2v) is 4.61. The van der Waals surface area contributed by atoms with Crippen molar-refractivity contribution < 1.29 is 0 Å². The fraction of sp³-hybridized carbons (Fsp3) is 0.333. The molecule has 0 aliphatic rings. The summed E-state index contributed by atoms with van der Waals surface area (Å²) in [5, 5.41) is 3.48. The molecule has 1 aromatic carbocycles. The van der Waals surface area contributed by atoms with Crippen molar-refractivity contribution in [2.75, 3.05) is 0 Å². The second-order valence-electron chi connectivity index (χ2n) is 4.61. The van der Waals surface area contributed by atoms with E-state index >= 15 is 0 Å². The van der Waals surface area contributed by atoms with E-state index in [1.54, 1.807) is 6.20 Å². The Morgan fingerprint density at radius 1 is 1.22 bits per heavy atom. The first-order chi connectivity index (χ1) is 8.65. The summed E-state index contributed by atoms with van der Waals surface area (Å²) < 4.78 is 0. The molecular formula is C15H19N3. The third kappa shape index (κ3) is 3.37. The SMILES string of the molecule is Cc1cccc([C@@H](C)NCc2ccnc(C)n2)c1. The molecule has 0 spiro atoms. The molecule has 0 radical (unpaired) electrons. The van der Waals surface area contributed by atoms with Gasteiger partial charge in [-0.15, -0.1) is 0 Å². The summed E-state index contributed by atoms with van der Waals surface area (Å²) in [6, 6.07) is 10.8. The van der Waals surface area contributed by atoms with Crippen molar-refractivity contribution in [2.45, 2.75) is 33.4 Å². The standard InChI is InChI=1S/C15H19N3/c1-11-5-4-6-14(9-11)12(2)17-10-15-7-8-16-13(3)18-15/h4-9,12,17H,10H2,1-3H3/t12-/m1/s1. The zero-order valence-electron chi connectivity index (χ0n) is 11.1. The van der Waals surface area contributed by atoms with Gasteiger partial charge in [-0.05, 0) is 32.4 Å². The van der Waals surface area contributed by atoms with E-state index in [0.717, 1.165) is 18.1 Å². The van der Waals surface area contributed by atoms with Crippen molar-refractivity contribution in [3.05, 3.63) is 59.2 Å². The van der Waals surface area contributed by atoms with Crippen LogP contribution in [0.4, 0.5) is 0 Å². The topological polar surface area (TPSA) is 37.8 Å². The van der Waals surface area contributed by atoms with Gasteiger partial charge in [-0.3, -0.25) is 0 Å². The molecule has 0 aliphatic heterocycles. The fourth-order valence-corrected chi connectivity index (χ4v) is 1.92. The van der Waals surface area contributed by atoms with Crippen molar-refractivity contribution in [2.24, 2.45) is 0 Å². The Labute approximate surface area is 108 Å². The van der Waals surface area contributed by atoms with Crippen LogP contribution >= 0.6 is 0 Å². The van der Waals surface area contributed by atoms with Crippen molar-refractivity contribution in [3.63, 3.8) is 0 Å². The predicted molar refractivity (Wildman–Crippen MR) is 73.2 cm³/mol. The Balaban J connectivity index is 1.98. The van der Waals surface area contributed by atoms with Crippen LogP contribution in [-0.4, -0.2) is 9.97 Å². The lowest BCUT2D eigenvalue weighted by molar-refractivity contribution is 0.566. The number of nitrogens with zero attached hydrogens (tertiary/aromatic N) is 2. The maximum Gasteiger partial charge on any atom is 0.125 e. The highest BCUT2D eigenvalue weighted by molar-refractivity contribution is 5.24. The summed E-state index contributed by atoms with van der Waals surface area (Å²) in [7, 11) is 0. The van der Waals surface area contributed by atoms with Crippen LogP contribution in [0.15, 0.2) is 36.5 Å². The number of aryl methyl sites for hydroxylation is 2. The number of hydrogen-bond acceptors (Lipinski definition) is 3. The second kappa shape index (κ2) is 5.74. The molecule has 0 saturated heterocycles. The summed E-state index contributed by atoms with van der Waals surface area (Å²) in [5.74, 6) is 0.817. The summed E-state index contributed by atoms with van der Waals surface area (Å²) >= 11 is 0. The van der Waals surface area contributed by atoms with E-state index < -0.39 is 0 Å². The Morgan fingerprint density at radius 2 is 2.06 bits per heavy atom. The third-order valence-corrected chi connectivity index (χ3v) is 2.97. The molecule has 0 aliphatic carbocycles. The van der Waals surface area contributed by atoms with Gasteiger partial charge in [0.2, 0.25) is 0 Å². The van der Waals surface area contributed by atoms with Crippen molar-refractivity contribution in [1.82, 2.24) is 15.3 Å². The Bertz CT molecular complexity index is 523. The van der Waals surface area contributed by atoms with Crippen LogP contribution in [-0.2, 0) is 6.54 Å². The smallest absolute Gasteiger partial charge is 0.125 e. The molecule has 0 bridgehead atoms. The van der Waals surface area contributed by atoms with Crippen molar-refractivity contribution in [1.29, 1.82) is 0 Å². The predicted octanol–water partition coefficient (Wildman–Crippen LogP) is 2.94. The molecule has 3 nitrogen and oxygen atoms in total. The molecule has 0 saturated carbocycles. The number of hydrogen-bond donors (Lipinski definition) is 1. The minimum Gasteiger partial charge on any atom is -0.305 e. The van der Waals surface area contributed by atoms with Crippen LogP contribution in [0, 0.1) is 13.8 Å². The average molecular weight is 241 g/mol. The molecule has 0 amide bonds. The van der Waals surface area contributed by atoms with Crippen LogP contribution in [0.2, 0.25) is 0 Å². The molecule has 1 aromatic heterocycles. The molecular weight excluding hydrogens is 222 g/mol. The molecule has 1 N–H and O–H groups in total. The zero-order valence-corrected chi connectivity index (χ0v) is 11.1. The maximum atomic E-state index is 4.38. The maximum absolute atomic E-state index is 4.38. The summed E-state index contributed by atoms with van der Waals surface area (Å²) in [4.78, 5) is 8.48. The van der Waals surface area contributed by atoms with E-state index in [1.165, 1.54) is 11.1 Å². The number of nitrogens with one attached hydrogen (secondary N) is 1. The minimum absolute atomic E-state index is 0.320. The summed E-state index contributed by atoms with van der Waals surface area (Å²) in [6.45, 7) is 6.96. The largest absolute Gasteiger partial charge is 0.305 e. The van der Waals surface area contributed by atoms with Crippen LogP contribution in [0.5, 0.6) is 0 Å². The molecule has 2 aromatic rings. The Morgan fingerprint density at radius 3 is 2.78 bits per heavy atom. The molecule has 1 heterocycles. The molecule has 3 heteroatoms. The molecule has 0 fully saturated rings. The first-order valence-corrected chi connectivity index (χ1v) is 6.23. The fourth-order valence-electron chi connectivity index (χ4n) is 1.92. The highest BCUT2D eigenvalue weighted by Gasteiger charge is 2.05. The number of benzene rings is 1. The first-order valence-electron chi connectivity index (χ1n) is 6.23. The van der Waals surface area contributed by atoms with Gasteiger partial charge in [-0.1, -0.05) is 29.8 Å². The van der Waals surface area contributed by atoms with Crippen LogP contribution in [0.3, 0.4) is 0 Å².